The molecule has 2 rings (SSSR count). The van der Waals surface area contributed by atoms with Crippen LogP contribution in [0.1, 0.15) is 59.4 Å². The molecule has 116 valence electrons. The average Bonchev–Trinajstić information content (AvgIpc) is 2.80. The van der Waals surface area contributed by atoms with Crippen molar-refractivity contribution < 1.29 is 14.7 Å². The van der Waals surface area contributed by atoms with Crippen LogP contribution in [0.2, 0.25) is 0 Å². The largest absolute Gasteiger partial charge is 0.477 e. The number of amides is 1. The summed E-state index contributed by atoms with van der Waals surface area (Å²) in [6.07, 6.45) is 2.34. The van der Waals surface area contributed by atoms with Gasteiger partial charge < -0.3 is 10.0 Å². The highest BCUT2D eigenvalue weighted by molar-refractivity contribution is 7.13. The lowest BCUT2D eigenvalue weighted by molar-refractivity contribution is -0.133. The van der Waals surface area contributed by atoms with Crippen LogP contribution in [-0.4, -0.2) is 40.0 Å². The van der Waals surface area contributed by atoms with Crippen molar-refractivity contribution in [3.63, 3.8) is 0 Å². The number of carboxylic acid groups (broad SMARTS) is 1. The number of rotatable bonds is 4. The second-order valence-electron chi connectivity index (χ2n) is 6.02. The van der Waals surface area contributed by atoms with Gasteiger partial charge in [-0.05, 0) is 25.7 Å². The molecule has 1 fully saturated rings. The van der Waals surface area contributed by atoms with Crippen molar-refractivity contribution in [2.75, 3.05) is 13.1 Å². The third-order valence-electron chi connectivity index (χ3n) is 3.79. The van der Waals surface area contributed by atoms with E-state index in [-0.39, 0.29) is 11.8 Å². The first-order valence-corrected chi connectivity index (χ1v) is 8.18. The molecule has 5 nitrogen and oxygen atoms in total. The van der Waals surface area contributed by atoms with Gasteiger partial charge in [-0.3, -0.25) is 4.79 Å². The zero-order valence-electron chi connectivity index (χ0n) is 12.8. The summed E-state index contributed by atoms with van der Waals surface area (Å²) in [5, 5.41) is 10.00. The molecule has 1 aromatic heterocycles. The number of carboxylic acids is 1. The zero-order chi connectivity index (χ0) is 15.6. The highest BCUT2D eigenvalue weighted by Gasteiger charge is 2.27. The molecule has 0 aliphatic carbocycles. The fraction of sp³-hybridized carbons (Fsp3) is 0.667. The van der Waals surface area contributed by atoms with Gasteiger partial charge >= 0.3 is 5.97 Å². The molecule has 2 heterocycles. The van der Waals surface area contributed by atoms with Gasteiger partial charge in [-0.15, -0.1) is 11.3 Å². The van der Waals surface area contributed by atoms with E-state index < -0.39 is 5.97 Å². The molecule has 0 atom stereocenters. The van der Waals surface area contributed by atoms with E-state index in [4.69, 9.17) is 5.11 Å². The van der Waals surface area contributed by atoms with Crippen LogP contribution in [0.3, 0.4) is 0 Å². The Kier molecular flexibility index (Phi) is 4.98. The number of likely N-dealkylation sites (tertiary alicyclic amines) is 1. The SMILES string of the molecule is Cc1nc(C2CCN(C(=O)CC(C)C)CC2)sc1C(=O)O. The summed E-state index contributed by atoms with van der Waals surface area (Å²) < 4.78 is 0. The number of piperidine rings is 1. The number of nitrogens with zero attached hydrogens (tertiary/aromatic N) is 2. The standard InChI is InChI=1S/C15H22N2O3S/c1-9(2)8-12(18)17-6-4-11(5-7-17)14-16-10(3)13(21-14)15(19)20/h9,11H,4-8H2,1-3H3,(H,19,20). The molecule has 21 heavy (non-hydrogen) atoms. The Bertz CT molecular complexity index is 531. The van der Waals surface area contributed by atoms with E-state index in [2.05, 4.69) is 18.8 Å². The van der Waals surface area contributed by atoms with E-state index >= 15 is 0 Å². The van der Waals surface area contributed by atoms with Crippen LogP contribution in [0.15, 0.2) is 0 Å². The molecule has 0 radical (unpaired) electrons. The third-order valence-corrected chi connectivity index (χ3v) is 5.10. The van der Waals surface area contributed by atoms with Crippen molar-refractivity contribution in [3.8, 4) is 0 Å². The van der Waals surface area contributed by atoms with E-state index in [0.717, 1.165) is 30.9 Å². The minimum Gasteiger partial charge on any atom is -0.477 e. The number of hydrogen-bond donors (Lipinski definition) is 1. The summed E-state index contributed by atoms with van der Waals surface area (Å²) >= 11 is 1.28. The monoisotopic (exact) mass is 310 g/mol. The normalized spacial score (nSPS) is 16.5. The maximum Gasteiger partial charge on any atom is 0.347 e. The van der Waals surface area contributed by atoms with E-state index in [1.54, 1.807) is 6.92 Å². The Labute approximate surface area is 129 Å². The Morgan fingerprint density at radius 2 is 2.00 bits per heavy atom. The maximum absolute atomic E-state index is 12.0. The molecule has 0 aromatic carbocycles. The van der Waals surface area contributed by atoms with Gasteiger partial charge in [-0.1, -0.05) is 13.8 Å². The van der Waals surface area contributed by atoms with Crippen molar-refractivity contribution >= 4 is 23.2 Å². The van der Waals surface area contributed by atoms with E-state index in [9.17, 15) is 9.59 Å². The van der Waals surface area contributed by atoms with Gasteiger partial charge in [0, 0.05) is 25.4 Å². The lowest BCUT2D eigenvalue weighted by atomic mass is 9.97. The van der Waals surface area contributed by atoms with Gasteiger partial charge in [-0.2, -0.15) is 0 Å². The molecule has 1 N–H and O–H groups in total. The van der Waals surface area contributed by atoms with Gasteiger partial charge in [0.2, 0.25) is 5.91 Å². The lowest BCUT2D eigenvalue weighted by Crippen LogP contribution is -2.38. The summed E-state index contributed by atoms with van der Waals surface area (Å²) in [6.45, 7) is 7.34. The molecule has 1 saturated heterocycles. The molecular weight excluding hydrogens is 288 g/mol. The van der Waals surface area contributed by atoms with Crippen molar-refractivity contribution in [3.05, 3.63) is 15.6 Å². The van der Waals surface area contributed by atoms with Gasteiger partial charge in [0.1, 0.15) is 4.88 Å². The van der Waals surface area contributed by atoms with Crippen molar-refractivity contribution in [1.29, 1.82) is 0 Å². The Morgan fingerprint density at radius 3 is 2.48 bits per heavy atom. The van der Waals surface area contributed by atoms with Crippen LogP contribution < -0.4 is 0 Å². The highest BCUT2D eigenvalue weighted by atomic mass is 32.1. The summed E-state index contributed by atoms with van der Waals surface area (Å²) in [7, 11) is 0. The van der Waals surface area contributed by atoms with Gasteiger partial charge in [0.25, 0.3) is 0 Å². The Balaban J connectivity index is 1.96. The van der Waals surface area contributed by atoms with Crippen molar-refractivity contribution in [2.24, 2.45) is 5.92 Å². The van der Waals surface area contributed by atoms with Gasteiger partial charge in [0.05, 0.1) is 10.7 Å². The first-order chi connectivity index (χ1) is 9.88. The highest BCUT2D eigenvalue weighted by Crippen LogP contribution is 2.32. The number of carbonyl (C=O) groups is 2. The van der Waals surface area contributed by atoms with Crippen molar-refractivity contribution in [2.45, 2.75) is 46.0 Å². The number of aryl methyl sites for hydroxylation is 1. The molecular formula is C15H22N2O3S. The summed E-state index contributed by atoms with van der Waals surface area (Å²) in [6, 6.07) is 0. The first kappa shape index (κ1) is 15.9. The molecule has 0 bridgehead atoms. The lowest BCUT2D eigenvalue weighted by Gasteiger charge is -2.31. The molecule has 1 aliphatic rings. The number of aromatic nitrogens is 1. The molecule has 1 amide bonds. The third kappa shape index (κ3) is 3.81. The fourth-order valence-corrected chi connectivity index (χ4v) is 3.72. The minimum atomic E-state index is -0.902. The second kappa shape index (κ2) is 6.56. The predicted molar refractivity (Wildman–Crippen MR) is 81.8 cm³/mol. The molecule has 1 aromatic rings. The smallest absolute Gasteiger partial charge is 0.347 e. The molecule has 6 heteroatoms. The zero-order valence-corrected chi connectivity index (χ0v) is 13.6. The van der Waals surface area contributed by atoms with E-state index in [1.165, 1.54) is 11.3 Å². The van der Waals surface area contributed by atoms with Crippen LogP contribution in [0.4, 0.5) is 0 Å². The Hall–Kier alpha value is -1.43. The Morgan fingerprint density at radius 1 is 1.38 bits per heavy atom. The quantitative estimate of drug-likeness (QED) is 0.928. The molecule has 0 unspecified atom stereocenters. The molecule has 0 saturated carbocycles. The minimum absolute atomic E-state index is 0.227. The van der Waals surface area contributed by atoms with Crippen LogP contribution in [0.5, 0.6) is 0 Å². The van der Waals surface area contributed by atoms with Gasteiger partial charge in [-0.25, -0.2) is 9.78 Å². The number of aromatic carboxylic acids is 1. The van der Waals surface area contributed by atoms with Gasteiger partial charge in [0.15, 0.2) is 0 Å². The van der Waals surface area contributed by atoms with Crippen molar-refractivity contribution in [1.82, 2.24) is 9.88 Å². The molecule has 1 aliphatic heterocycles. The summed E-state index contributed by atoms with van der Waals surface area (Å²) in [4.78, 5) is 29.8. The number of carbonyl (C=O) groups excluding carboxylic acids is 1. The number of hydrogen-bond acceptors (Lipinski definition) is 4. The number of thiazole rings is 1. The van der Waals surface area contributed by atoms with Crippen LogP contribution in [0.25, 0.3) is 0 Å². The summed E-state index contributed by atoms with van der Waals surface area (Å²) in [5.74, 6) is -0.00866. The fourth-order valence-electron chi connectivity index (χ4n) is 2.64. The predicted octanol–water partition coefficient (Wildman–Crippen LogP) is 2.90. The average molecular weight is 310 g/mol. The van der Waals surface area contributed by atoms with E-state index in [1.807, 2.05) is 4.90 Å². The maximum atomic E-state index is 12.0. The summed E-state index contributed by atoms with van der Waals surface area (Å²) in [5.41, 5.74) is 0.598. The van der Waals surface area contributed by atoms with Crippen LogP contribution in [-0.2, 0) is 4.79 Å². The molecule has 0 spiro atoms. The second-order valence-corrected chi connectivity index (χ2v) is 7.06. The van der Waals surface area contributed by atoms with Crippen LogP contribution in [0, 0.1) is 12.8 Å². The van der Waals surface area contributed by atoms with Crippen LogP contribution >= 0.6 is 11.3 Å². The topological polar surface area (TPSA) is 70.5 Å². The first-order valence-electron chi connectivity index (χ1n) is 7.37. The van der Waals surface area contributed by atoms with E-state index in [0.29, 0.717) is 22.9 Å².